The van der Waals surface area contributed by atoms with Crippen LogP contribution in [0, 0.1) is 0 Å². The number of guanidine groups is 1. The van der Waals surface area contributed by atoms with Crippen LogP contribution in [0.3, 0.4) is 0 Å². The van der Waals surface area contributed by atoms with Crippen molar-refractivity contribution < 1.29 is 8.95 Å². The second kappa shape index (κ2) is 11.3. The summed E-state index contributed by atoms with van der Waals surface area (Å²) in [4.78, 5) is 4.41. The number of nitrogens with one attached hydrogen (secondary N) is 2. The van der Waals surface area contributed by atoms with Gasteiger partial charge in [0.1, 0.15) is 11.4 Å². The van der Waals surface area contributed by atoms with Gasteiger partial charge in [-0.2, -0.15) is 0 Å². The number of aliphatic imine (C=N–C) groups is 1. The summed E-state index contributed by atoms with van der Waals surface area (Å²) in [6, 6.07) is 18.5. The van der Waals surface area contributed by atoms with Gasteiger partial charge in [0.25, 0.3) is 0 Å². The van der Waals surface area contributed by atoms with E-state index in [-0.39, 0.29) is 35.6 Å². The molecule has 1 aliphatic heterocycles. The van der Waals surface area contributed by atoms with Crippen molar-refractivity contribution in [3.8, 4) is 5.75 Å². The molecule has 0 aromatic heterocycles. The Morgan fingerprint density at radius 2 is 1.84 bits per heavy atom. The van der Waals surface area contributed by atoms with Gasteiger partial charge in [-0.05, 0) is 37.3 Å². The largest absolute Gasteiger partial charge is 0.487 e. The van der Waals surface area contributed by atoms with Crippen LogP contribution >= 0.6 is 24.0 Å². The van der Waals surface area contributed by atoms with Gasteiger partial charge < -0.3 is 15.4 Å². The quantitative estimate of drug-likeness (QED) is 0.313. The first-order chi connectivity index (χ1) is 14.7. The standard InChI is InChI=1S/C24H31N3O2S.HI/c1-25-23(26-15-16-30(28)18-19-9-3-2-4-10-19)27-21-17-24(13-7-8-14-24)29-22-12-6-5-11-20(21)22;/h2-6,9-12,21H,7-8,13-18H2,1H3,(H2,25,26,27);1H. The fourth-order valence-corrected chi connectivity index (χ4v) is 5.59. The summed E-state index contributed by atoms with van der Waals surface area (Å²) < 4.78 is 18.9. The van der Waals surface area contributed by atoms with Gasteiger partial charge in [0.2, 0.25) is 0 Å². The molecule has 1 fully saturated rings. The molecule has 2 aromatic rings. The lowest BCUT2D eigenvalue weighted by atomic mass is 9.86. The molecule has 2 unspecified atom stereocenters. The molecule has 0 bridgehead atoms. The molecule has 1 saturated carbocycles. The molecule has 7 heteroatoms. The number of halogens is 1. The van der Waals surface area contributed by atoms with Crippen molar-refractivity contribution in [1.82, 2.24) is 10.6 Å². The molecule has 168 valence electrons. The number of para-hydroxylation sites is 1. The fraction of sp³-hybridized carbons (Fsp3) is 0.458. The first kappa shape index (κ1) is 24.0. The Morgan fingerprint density at radius 1 is 1.13 bits per heavy atom. The Labute approximate surface area is 204 Å². The van der Waals surface area contributed by atoms with E-state index in [4.69, 9.17) is 4.74 Å². The average molecular weight is 554 g/mol. The molecule has 31 heavy (non-hydrogen) atoms. The molecule has 1 spiro atoms. The van der Waals surface area contributed by atoms with Crippen molar-refractivity contribution in [2.45, 2.75) is 49.5 Å². The van der Waals surface area contributed by atoms with Crippen LogP contribution in [0.4, 0.5) is 0 Å². The molecule has 0 amide bonds. The van der Waals surface area contributed by atoms with E-state index in [1.165, 1.54) is 18.4 Å². The van der Waals surface area contributed by atoms with Crippen molar-refractivity contribution in [3.05, 3.63) is 65.7 Å². The van der Waals surface area contributed by atoms with Gasteiger partial charge in [-0.3, -0.25) is 9.20 Å². The second-order valence-electron chi connectivity index (χ2n) is 8.20. The van der Waals surface area contributed by atoms with Gasteiger partial charge in [0.15, 0.2) is 5.96 Å². The number of ether oxygens (including phenoxy) is 1. The highest BCUT2D eigenvalue weighted by atomic mass is 127. The van der Waals surface area contributed by atoms with E-state index in [1.807, 2.05) is 36.4 Å². The summed E-state index contributed by atoms with van der Waals surface area (Å²) in [6.45, 7) is 0.620. The lowest BCUT2D eigenvalue weighted by molar-refractivity contribution is 0.0396. The van der Waals surface area contributed by atoms with Gasteiger partial charge in [-0.1, -0.05) is 48.5 Å². The molecule has 0 saturated heterocycles. The van der Waals surface area contributed by atoms with Crippen molar-refractivity contribution in [1.29, 1.82) is 0 Å². The fourth-order valence-electron chi connectivity index (χ4n) is 4.55. The summed E-state index contributed by atoms with van der Waals surface area (Å²) in [5.74, 6) is 2.91. The van der Waals surface area contributed by atoms with Crippen molar-refractivity contribution >= 4 is 40.7 Å². The molecule has 4 rings (SSSR count). The Hall–Kier alpha value is -1.61. The van der Waals surface area contributed by atoms with Crippen LogP contribution in [-0.4, -0.2) is 35.1 Å². The summed E-state index contributed by atoms with van der Waals surface area (Å²) in [5, 5.41) is 6.94. The number of benzene rings is 2. The Bertz CT molecular complexity index is 901. The minimum absolute atomic E-state index is 0. The number of hydrogen-bond acceptors (Lipinski definition) is 3. The number of rotatable bonds is 6. The number of hydrogen-bond donors (Lipinski definition) is 2. The van der Waals surface area contributed by atoms with Gasteiger partial charge in [0.05, 0.1) is 6.04 Å². The third kappa shape index (κ3) is 6.22. The third-order valence-corrected chi connectivity index (χ3v) is 7.35. The van der Waals surface area contributed by atoms with E-state index in [1.54, 1.807) is 7.05 Å². The van der Waals surface area contributed by atoms with Crippen LogP contribution < -0.4 is 15.4 Å². The molecule has 0 radical (unpaired) electrons. The molecule has 2 atom stereocenters. The van der Waals surface area contributed by atoms with Crippen molar-refractivity contribution in [3.63, 3.8) is 0 Å². The topological polar surface area (TPSA) is 62.7 Å². The summed E-state index contributed by atoms with van der Waals surface area (Å²) in [5.41, 5.74) is 2.24. The maximum absolute atomic E-state index is 12.4. The molecular weight excluding hydrogens is 521 g/mol. The van der Waals surface area contributed by atoms with E-state index in [0.29, 0.717) is 18.1 Å². The minimum Gasteiger partial charge on any atom is -0.487 e. The van der Waals surface area contributed by atoms with E-state index in [9.17, 15) is 4.21 Å². The van der Waals surface area contributed by atoms with Crippen LogP contribution in [0.25, 0.3) is 0 Å². The average Bonchev–Trinajstić information content (AvgIpc) is 3.20. The zero-order valence-corrected chi connectivity index (χ0v) is 21.2. The first-order valence-corrected chi connectivity index (χ1v) is 12.3. The molecule has 2 aromatic carbocycles. The second-order valence-corrected chi connectivity index (χ2v) is 9.78. The highest BCUT2D eigenvalue weighted by Gasteiger charge is 2.43. The predicted octanol–water partition coefficient (Wildman–Crippen LogP) is 4.55. The smallest absolute Gasteiger partial charge is 0.191 e. The van der Waals surface area contributed by atoms with Gasteiger partial charge in [-0.25, -0.2) is 0 Å². The lowest BCUT2D eigenvalue weighted by Gasteiger charge is -2.40. The molecular formula is C24H32IN3O2S. The van der Waals surface area contributed by atoms with Crippen LogP contribution in [0.5, 0.6) is 5.75 Å². The van der Waals surface area contributed by atoms with Gasteiger partial charge in [-0.15, -0.1) is 24.0 Å². The van der Waals surface area contributed by atoms with Crippen molar-refractivity contribution in [2.24, 2.45) is 4.99 Å². The van der Waals surface area contributed by atoms with Crippen molar-refractivity contribution in [2.75, 3.05) is 19.3 Å². The van der Waals surface area contributed by atoms with E-state index >= 15 is 0 Å². The van der Waals surface area contributed by atoms with E-state index in [0.717, 1.165) is 36.5 Å². The first-order valence-electron chi connectivity index (χ1n) is 10.8. The summed E-state index contributed by atoms with van der Waals surface area (Å²) in [6.07, 6.45) is 5.64. The van der Waals surface area contributed by atoms with E-state index < -0.39 is 10.8 Å². The van der Waals surface area contributed by atoms with E-state index in [2.05, 4.69) is 33.8 Å². The number of nitrogens with zero attached hydrogens (tertiary/aromatic N) is 1. The number of fused-ring (bicyclic) bond motifs is 1. The van der Waals surface area contributed by atoms with Crippen LogP contribution in [0.1, 0.15) is 49.3 Å². The minimum atomic E-state index is -0.905. The zero-order chi connectivity index (χ0) is 20.8. The maximum atomic E-state index is 12.4. The van der Waals surface area contributed by atoms with Crippen LogP contribution in [0.15, 0.2) is 59.6 Å². The van der Waals surface area contributed by atoms with Crippen LogP contribution in [-0.2, 0) is 16.6 Å². The highest BCUT2D eigenvalue weighted by molar-refractivity contribution is 14.0. The zero-order valence-electron chi connectivity index (χ0n) is 18.0. The normalized spacial score (nSPS) is 20.3. The van der Waals surface area contributed by atoms with Gasteiger partial charge in [0, 0.05) is 47.9 Å². The maximum Gasteiger partial charge on any atom is 0.191 e. The molecule has 2 N–H and O–H groups in total. The summed E-state index contributed by atoms with van der Waals surface area (Å²) in [7, 11) is 0.880. The Kier molecular flexibility index (Phi) is 8.77. The third-order valence-electron chi connectivity index (χ3n) is 6.04. The lowest BCUT2D eigenvalue weighted by Crippen LogP contribution is -2.47. The monoisotopic (exact) mass is 553 g/mol. The Morgan fingerprint density at radius 3 is 2.58 bits per heavy atom. The molecule has 1 aliphatic carbocycles. The molecule has 5 nitrogen and oxygen atoms in total. The SMILES string of the molecule is CN=C(NCCS(=O)Cc1ccccc1)NC1CC2(CCCC2)Oc2ccccc21.I. The van der Waals surface area contributed by atoms with Gasteiger partial charge >= 0.3 is 0 Å². The van der Waals surface area contributed by atoms with Crippen LogP contribution in [0.2, 0.25) is 0 Å². The predicted molar refractivity (Wildman–Crippen MR) is 139 cm³/mol. The Balaban J connectivity index is 0.00000272. The highest BCUT2D eigenvalue weighted by Crippen LogP contribution is 2.46. The molecule has 2 aliphatic rings. The summed E-state index contributed by atoms with van der Waals surface area (Å²) >= 11 is 0. The molecule has 1 heterocycles.